The number of methoxy groups -OCH3 is 1. The quantitative estimate of drug-likeness (QED) is 0.751. The van der Waals surface area contributed by atoms with Crippen molar-refractivity contribution in [1.82, 2.24) is 4.90 Å². The summed E-state index contributed by atoms with van der Waals surface area (Å²) in [6.45, 7) is 3.63. The van der Waals surface area contributed by atoms with Crippen molar-refractivity contribution in [2.75, 3.05) is 32.2 Å². The summed E-state index contributed by atoms with van der Waals surface area (Å²) in [4.78, 5) is 15.2. The lowest BCUT2D eigenvalue weighted by atomic mass is 10.0. The Morgan fingerprint density at radius 3 is 2.86 bits per heavy atom. The van der Waals surface area contributed by atoms with E-state index in [9.17, 15) is 4.79 Å². The van der Waals surface area contributed by atoms with Crippen LogP contribution in [0, 0.1) is 0 Å². The van der Waals surface area contributed by atoms with Gasteiger partial charge in [-0.2, -0.15) is 0 Å². The second-order valence-electron chi connectivity index (χ2n) is 7.15. The number of ether oxygens (including phenoxy) is 3. The minimum atomic E-state index is -0.385. The van der Waals surface area contributed by atoms with Gasteiger partial charge in [-0.3, -0.25) is 4.79 Å². The van der Waals surface area contributed by atoms with Crippen LogP contribution in [0.5, 0.6) is 11.5 Å². The van der Waals surface area contributed by atoms with Crippen LogP contribution in [0.15, 0.2) is 36.4 Å². The van der Waals surface area contributed by atoms with E-state index >= 15 is 0 Å². The molecule has 2 aliphatic heterocycles. The monoisotopic (exact) mass is 416 g/mol. The molecule has 2 aliphatic rings. The van der Waals surface area contributed by atoms with Gasteiger partial charge in [-0.1, -0.05) is 23.7 Å². The van der Waals surface area contributed by atoms with E-state index in [1.165, 1.54) is 0 Å². The third-order valence-electron chi connectivity index (χ3n) is 5.30. The first-order chi connectivity index (χ1) is 14.1. The van der Waals surface area contributed by atoms with Crippen molar-refractivity contribution < 1.29 is 19.0 Å². The Morgan fingerprint density at radius 1 is 1.31 bits per heavy atom. The molecule has 6 nitrogen and oxygen atoms in total. The number of halogens is 1. The van der Waals surface area contributed by atoms with E-state index in [1.54, 1.807) is 7.11 Å². The lowest BCUT2D eigenvalue weighted by Gasteiger charge is -2.39. The first-order valence-corrected chi connectivity index (χ1v) is 10.3. The van der Waals surface area contributed by atoms with Gasteiger partial charge in [0.15, 0.2) is 11.5 Å². The number of nitrogens with zero attached hydrogens (tertiary/aromatic N) is 1. The van der Waals surface area contributed by atoms with E-state index < -0.39 is 0 Å². The van der Waals surface area contributed by atoms with Crippen LogP contribution in [-0.2, 0) is 4.74 Å². The standard InChI is InChI=1S/C22H25ClN2O4/c1-3-28-20-17(23)11-14(12-19(20)27-2)21-24-18-9-5-4-8-16(18)22(26)25(21)13-15-7-6-10-29-15/h4-5,8-9,11-12,15,21,24H,3,6-7,10,13H2,1-2H3/t15-,21+/m1/s1. The first kappa shape index (κ1) is 19.9. The summed E-state index contributed by atoms with van der Waals surface area (Å²) < 4.78 is 16.9. The Labute approximate surface area is 175 Å². The molecule has 2 aromatic rings. The van der Waals surface area contributed by atoms with Crippen molar-refractivity contribution in [2.45, 2.75) is 32.0 Å². The Morgan fingerprint density at radius 2 is 2.14 bits per heavy atom. The topological polar surface area (TPSA) is 60.0 Å². The van der Waals surface area contributed by atoms with Crippen LogP contribution in [0.3, 0.4) is 0 Å². The van der Waals surface area contributed by atoms with Crippen LogP contribution in [0.1, 0.15) is 41.9 Å². The highest BCUT2D eigenvalue weighted by Gasteiger charge is 2.36. The maximum Gasteiger partial charge on any atom is 0.257 e. The zero-order valence-electron chi connectivity index (χ0n) is 16.6. The normalized spacial score (nSPS) is 20.9. The minimum Gasteiger partial charge on any atom is -0.493 e. The van der Waals surface area contributed by atoms with E-state index in [4.69, 9.17) is 25.8 Å². The van der Waals surface area contributed by atoms with Gasteiger partial charge in [0.05, 0.1) is 30.4 Å². The lowest BCUT2D eigenvalue weighted by Crippen LogP contribution is -2.46. The van der Waals surface area contributed by atoms with Crippen LogP contribution in [0.25, 0.3) is 0 Å². The molecule has 0 aliphatic carbocycles. The second kappa shape index (κ2) is 8.51. The van der Waals surface area contributed by atoms with Gasteiger partial charge in [0.1, 0.15) is 6.17 Å². The van der Waals surface area contributed by atoms with Gasteiger partial charge in [-0.15, -0.1) is 0 Å². The summed E-state index contributed by atoms with van der Waals surface area (Å²) in [5.41, 5.74) is 2.29. The van der Waals surface area contributed by atoms with Crippen LogP contribution in [0.2, 0.25) is 5.02 Å². The molecule has 1 saturated heterocycles. The van der Waals surface area contributed by atoms with Crippen molar-refractivity contribution in [1.29, 1.82) is 0 Å². The summed E-state index contributed by atoms with van der Waals surface area (Å²) in [6, 6.07) is 11.2. The first-order valence-electron chi connectivity index (χ1n) is 9.90. The summed E-state index contributed by atoms with van der Waals surface area (Å²) >= 11 is 6.51. The average molecular weight is 417 g/mol. The van der Waals surface area contributed by atoms with Gasteiger partial charge in [0.2, 0.25) is 0 Å². The molecule has 0 saturated carbocycles. The third-order valence-corrected chi connectivity index (χ3v) is 5.58. The highest BCUT2D eigenvalue weighted by atomic mass is 35.5. The molecule has 1 N–H and O–H groups in total. The summed E-state index contributed by atoms with van der Waals surface area (Å²) in [6.07, 6.45) is 1.62. The fourth-order valence-electron chi connectivity index (χ4n) is 3.93. The predicted octanol–water partition coefficient (Wildman–Crippen LogP) is 4.49. The van der Waals surface area contributed by atoms with Gasteiger partial charge in [0, 0.05) is 24.4 Å². The maximum atomic E-state index is 13.3. The van der Waals surface area contributed by atoms with Crippen molar-refractivity contribution in [3.63, 3.8) is 0 Å². The van der Waals surface area contributed by atoms with Gasteiger partial charge >= 0.3 is 0 Å². The maximum absolute atomic E-state index is 13.3. The number of amides is 1. The molecule has 1 amide bonds. The van der Waals surface area contributed by atoms with E-state index in [2.05, 4.69) is 5.32 Å². The fraction of sp³-hybridized carbons (Fsp3) is 0.409. The number of nitrogens with one attached hydrogen (secondary N) is 1. The Balaban J connectivity index is 1.74. The molecule has 0 spiro atoms. The van der Waals surface area contributed by atoms with E-state index in [0.29, 0.717) is 35.2 Å². The molecule has 2 heterocycles. The van der Waals surface area contributed by atoms with Crippen molar-refractivity contribution in [3.05, 3.63) is 52.5 Å². The molecular formula is C22H25ClN2O4. The number of carbonyl (C=O) groups is 1. The highest BCUT2D eigenvalue weighted by molar-refractivity contribution is 6.32. The number of rotatable bonds is 6. The number of para-hydroxylation sites is 1. The molecule has 29 heavy (non-hydrogen) atoms. The van der Waals surface area contributed by atoms with Crippen LogP contribution in [-0.4, -0.2) is 43.8 Å². The largest absolute Gasteiger partial charge is 0.493 e. The molecule has 0 bridgehead atoms. The molecule has 2 aromatic carbocycles. The highest BCUT2D eigenvalue weighted by Crippen LogP contribution is 2.41. The Hall–Kier alpha value is -2.44. The number of fused-ring (bicyclic) bond motifs is 1. The van der Waals surface area contributed by atoms with Crippen molar-refractivity contribution >= 4 is 23.2 Å². The third kappa shape index (κ3) is 3.87. The summed E-state index contributed by atoms with van der Waals surface area (Å²) in [7, 11) is 1.58. The minimum absolute atomic E-state index is 0.0242. The summed E-state index contributed by atoms with van der Waals surface area (Å²) in [5.74, 6) is 1.02. The van der Waals surface area contributed by atoms with Gasteiger partial charge in [-0.05, 0) is 44.0 Å². The zero-order chi connectivity index (χ0) is 20.4. The number of hydrogen-bond donors (Lipinski definition) is 1. The Bertz CT molecular complexity index is 898. The lowest BCUT2D eigenvalue weighted by molar-refractivity contribution is 0.0426. The molecule has 2 atom stereocenters. The van der Waals surface area contributed by atoms with Gasteiger partial charge in [-0.25, -0.2) is 0 Å². The molecular weight excluding hydrogens is 392 g/mol. The van der Waals surface area contributed by atoms with Crippen LogP contribution in [0.4, 0.5) is 5.69 Å². The number of hydrogen-bond acceptors (Lipinski definition) is 5. The number of benzene rings is 2. The molecule has 7 heteroatoms. The molecule has 0 unspecified atom stereocenters. The molecule has 154 valence electrons. The van der Waals surface area contributed by atoms with E-state index in [-0.39, 0.29) is 18.2 Å². The average Bonchev–Trinajstić information content (AvgIpc) is 3.24. The second-order valence-corrected chi connectivity index (χ2v) is 7.56. The van der Waals surface area contributed by atoms with E-state index in [1.807, 2.05) is 48.2 Å². The van der Waals surface area contributed by atoms with E-state index in [0.717, 1.165) is 30.7 Å². The fourth-order valence-corrected chi connectivity index (χ4v) is 4.21. The number of carbonyl (C=O) groups excluding carboxylic acids is 1. The van der Waals surface area contributed by atoms with Crippen LogP contribution >= 0.6 is 11.6 Å². The van der Waals surface area contributed by atoms with Gasteiger partial charge in [0.25, 0.3) is 5.91 Å². The SMILES string of the molecule is CCOc1c(Cl)cc([C@H]2Nc3ccccc3C(=O)N2C[C@H]2CCCO2)cc1OC. The molecule has 0 radical (unpaired) electrons. The van der Waals surface area contributed by atoms with Crippen molar-refractivity contribution in [3.8, 4) is 11.5 Å². The molecule has 4 rings (SSSR count). The van der Waals surface area contributed by atoms with Crippen molar-refractivity contribution in [2.24, 2.45) is 0 Å². The van der Waals surface area contributed by atoms with Gasteiger partial charge < -0.3 is 24.4 Å². The summed E-state index contributed by atoms with van der Waals surface area (Å²) in [5, 5.41) is 3.94. The van der Waals surface area contributed by atoms with Crippen LogP contribution < -0.4 is 14.8 Å². The predicted molar refractivity (Wildman–Crippen MR) is 112 cm³/mol. The smallest absolute Gasteiger partial charge is 0.257 e. The number of anilines is 1. The Kier molecular flexibility index (Phi) is 5.83. The molecule has 1 fully saturated rings. The zero-order valence-corrected chi connectivity index (χ0v) is 17.4. The molecule has 0 aromatic heterocycles.